The van der Waals surface area contributed by atoms with Crippen molar-refractivity contribution >= 4 is 29.7 Å². The molecule has 0 bridgehead atoms. The van der Waals surface area contributed by atoms with Crippen LogP contribution < -0.4 is 10.6 Å². The molecule has 3 nitrogen and oxygen atoms in total. The second kappa shape index (κ2) is 9.45. The number of halogens is 1. The van der Waals surface area contributed by atoms with Crippen molar-refractivity contribution in [3.63, 3.8) is 0 Å². The Kier molecular flexibility index (Phi) is 9.13. The van der Waals surface area contributed by atoms with Gasteiger partial charge in [-0.3, -0.25) is 4.79 Å². The number of rotatable bonds is 7. The molecule has 0 aliphatic carbocycles. The van der Waals surface area contributed by atoms with E-state index in [1.807, 2.05) is 6.07 Å². The molecule has 0 aromatic carbocycles. The fourth-order valence-electron chi connectivity index (χ4n) is 1.39. The number of hydrogen-bond donors (Lipinski definition) is 2. The van der Waals surface area contributed by atoms with Gasteiger partial charge in [0, 0.05) is 22.8 Å². The van der Waals surface area contributed by atoms with Crippen LogP contribution in [0.25, 0.3) is 0 Å². The summed E-state index contributed by atoms with van der Waals surface area (Å²) in [6.45, 7) is 6.76. The molecular weight excluding hydrogens is 256 g/mol. The SMILES string of the molecule is CCCNCCNC(=O)Cc1ccc(C)s1.Cl. The first-order chi connectivity index (χ1) is 7.72. The second-order valence-corrected chi connectivity index (χ2v) is 5.16. The van der Waals surface area contributed by atoms with Crippen molar-refractivity contribution in [3.05, 3.63) is 21.9 Å². The summed E-state index contributed by atoms with van der Waals surface area (Å²) in [5.74, 6) is 0.111. The number of hydrogen-bond acceptors (Lipinski definition) is 3. The van der Waals surface area contributed by atoms with Gasteiger partial charge >= 0.3 is 0 Å². The van der Waals surface area contributed by atoms with Crippen LogP contribution in [0.4, 0.5) is 0 Å². The van der Waals surface area contributed by atoms with Gasteiger partial charge in [0.2, 0.25) is 5.91 Å². The molecule has 0 saturated heterocycles. The highest BCUT2D eigenvalue weighted by molar-refractivity contribution is 7.12. The Morgan fingerprint density at radius 3 is 2.65 bits per heavy atom. The third-order valence-electron chi connectivity index (χ3n) is 2.18. The zero-order valence-electron chi connectivity index (χ0n) is 10.4. The van der Waals surface area contributed by atoms with Gasteiger partial charge in [-0.15, -0.1) is 23.7 Å². The Labute approximate surface area is 113 Å². The lowest BCUT2D eigenvalue weighted by Crippen LogP contribution is -2.32. The van der Waals surface area contributed by atoms with Crippen molar-refractivity contribution in [3.8, 4) is 0 Å². The van der Waals surface area contributed by atoms with Crippen LogP contribution in [-0.4, -0.2) is 25.5 Å². The third kappa shape index (κ3) is 7.36. The lowest BCUT2D eigenvalue weighted by Gasteiger charge is -2.05. The zero-order chi connectivity index (χ0) is 11.8. The van der Waals surface area contributed by atoms with Gasteiger partial charge in [-0.2, -0.15) is 0 Å². The maximum absolute atomic E-state index is 11.5. The lowest BCUT2D eigenvalue weighted by atomic mass is 10.3. The van der Waals surface area contributed by atoms with Gasteiger partial charge in [-0.1, -0.05) is 6.92 Å². The maximum atomic E-state index is 11.5. The first-order valence-corrected chi connectivity index (χ1v) is 6.56. The molecule has 17 heavy (non-hydrogen) atoms. The van der Waals surface area contributed by atoms with Gasteiger partial charge in [-0.25, -0.2) is 0 Å². The minimum Gasteiger partial charge on any atom is -0.355 e. The summed E-state index contributed by atoms with van der Waals surface area (Å²) in [7, 11) is 0. The van der Waals surface area contributed by atoms with E-state index in [2.05, 4.69) is 30.5 Å². The van der Waals surface area contributed by atoms with E-state index in [1.54, 1.807) is 11.3 Å². The smallest absolute Gasteiger partial charge is 0.225 e. The van der Waals surface area contributed by atoms with Gasteiger partial charge in [-0.05, 0) is 32.0 Å². The van der Waals surface area contributed by atoms with E-state index in [-0.39, 0.29) is 18.3 Å². The van der Waals surface area contributed by atoms with Crippen molar-refractivity contribution in [1.82, 2.24) is 10.6 Å². The highest BCUT2D eigenvalue weighted by Crippen LogP contribution is 2.15. The Morgan fingerprint density at radius 1 is 1.29 bits per heavy atom. The minimum absolute atomic E-state index is 0. The number of thiophene rings is 1. The molecule has 0 unspecified atom stereocenters. The summed E-state index contributed by atoms with van der Waals surface area (Å²) in [6, 6.07) is 4.07. The van der Waals surface area contributed by atoms with E-state index in [0.29, 0.717) is 13.0 Å². The predicted octanol–water partition coefficient (Wildman–Crippen LogP) is 2.14. The Bertz CT molecular complexity index is 328. The quantitative estimate of drug-likeness (QED) is 0.749. The van der Waals surface area contributed by atoms with E-state index in [4.69, 9.17) is 0 Å². The zero-order valence-corrected chi connectivity index (χ0v) is 12.0. The number of amides is 1. The third-order valence-corrected chi connectivity index (χ3v) is 3.18. The average molecular weight is 277 g/mol. The molecule has 0 spiro atoms. The molecule has 98 valence electrons. The number of carbonyl (C=O) groups is 1. The van der Waals surface area contributed by atoms with Crippen LogP contribution in [0.5, 0.6) is 0 Å². The first kappa shape index (κ1) is 16.4. The minimum atomic E-state index is 0. The summed E-state index contributed by atoms with van der Waals surface area (Å²) in [5, 5.41) is 6.15. The summed E-state index contributed by atoms with van der Waals surface area (Å²) in [5.41, 5.74) is 0. The van der Waals surface area contributed by atoms with E-state index in [1.165, 1.54) is 4.88 Å². The molecular formula is C12H21ClN2OS. The predicted molar refractivity (Wildman–Crippen MR) is 76.2 cm³/mol. The molecule has 1 heterocycles. The molecule has 0 aliphatic heterocycles. The topological polar surface area (TPSA) is 41.1 Å². The fraction of sp³-hybridized carbons (Fsp3) is 0.583. The van der Waals surface area contributed by atoms with Crippen LogP contribution >= 0.6 is 23.7 Å². The number of nitrogens with one attached hydrogen (secondary N) is 2. The molecule has 1 rings (SSSR count). The van der Waals surface area contributed by atoms with E-state index < -0.39 is 0 Å². The van der Waals surface area contributed by atoms with E-state index >= 15 is 0 Å². The first-order valence-electron chi connectivity index (χ1n) is 5.75. The van der Waals surface area contributed by atoms with Gasteiger partial charge in [0.25, 0.3) is 0 Å². The molecule has 1 aromatic heterocycles. The molecule has 2 N–H and O–H groups in total. The standard InChI is InChI=1S/C12H20N2OS.ClH/c1-3-6-13-7-8-14-12(15)9-11-5-4-10(2)16-11;/h4-5,13H,3,6-9H2,1-2H3,(H,14,15);1H. The second-order valence-electron chi connectivity index (χ2n) is 3.79. The molecule has 5 heteroatoms. The normalized spacial score (nSPS) is 9.76. The molecule has 1 aromatic rings. The Balaban J connectivity index is 0.00000256. The summed E-state index contributed by atoms with van der Waals surface area (Å²) in [4.78, 5) is 13.9. The van der Waals surface area contributed by atoms with Crippen molar-refractivity contribution in [2.45, 2.75) is 26.7 Å². The molecule has 0 radical (unpaired) electrons. The molecule has 0 saturated carbocycles. The maximum Gasteiger partial charge on any atom is 0.225 e. The largest absolute Gasteiger partial charge is 0.355 e. The van der Waals surface area contributed by atoms with Crippen LogP contribution in [0.15, 0.2) is 12.1 Å². The molecule has 0 aliphatic rings. The van der Waals surface area contributed by atoms with Gasteiger partial charge in [0.1, 0.15) is 0 Å². The summed E-state index contributed by atoms with van der Waals surface area (Å²) >= 11 is 1.69. The van der Waals surface area contributed by atoms with Gasteiger partial charge < -0.3 is 10.6 Å². The highest BCUT2D eigenvalue weighted by Gasteiger charge is 2.04. The molecule has 0 fully saturated rings. The van der Waals surface area contributed by atoms with Crippen LogP contribution in [0.1, 0.15) is 23.1 Å². The van der Waals surface area contributed by atoms with Crippen molar-refractivity contribution in [2.75, 3.05) is 19.6 Å². The van der Waals surface area contributed by atoms with Crippen molar-refractivity contribution in [1.29, 1.82) is 0 Å². The van der Waals surface area contributed by atoms with Gasteiger partial charge in [0.05, 0.1) is 6.42 Å². The number of aryl methyl sites for hydroxylation is 1. The molecule has 1 amide bonds. The van der Waals surface area contributed by atoms with Crippen LogP contribution in [-0.2, 0) is 11.2 Å². The van der Waals surface area contributed by atoms with Gasteiger partial charge in [0.15, 0.2) is 0 Å². The van der Waals surface area contributed by atoms with Crippen LogP contribution in [0.2, 0.25) is 0 Å². The van der Waals surface area contributed by atoms with E-state index in [0.717, 1.165) is 24.4 Å². The lowest BCUT2D eigenvalue weighted by molar-refractivity contribution is -0.120. The van der Waals surface area contributed by atoms with Crippen LogP contribution in [0, 0.1) is 6.92 Å². The summed E-state index contributed by atoms with van der Waals surface area (Å²) in [6.07, 6.45) is 1.63. The summed E-state index contributed by atoms with van der Waals surface area (Å²) < 4.78 is 0. The van der Waals surface area contributed by atoms with Crippen molar-refractivity contribution in [2.24, 2.45) is 0 Å². The highest BCUT2D eigenvalue weighted by atomic mass is 35.5. The van der Waals surface area contributed by atoms with E-state index in [9.17, 15) is 4.79 Å². The molecule has 0 atom stereocenters. The Morgan fingerprint density at radius 2 is 2.06 bits per heavy atom. The number of carbonyl (C=O) groups excluding carboxylic acids is 1. The monoisotopic (exact) mass is 276 g/mol. The average Bonchev–Trinajstić information content (AvgIpc) is 2.63. The van der Waals surface area contributed by atoms with Crippen molar-refractivity contribution < 1.29 is 4.79 Å². The van der Waals surface area contributed by atoms with Crippen LogP contribution in [0.3, 0.4) is 0 Å². The Hall–Kier alpha value is -0.580. The fourth-order valence-corrected chi connectivity index (χ4v) is 2.28.